The van der Waals surface area contributed by atoms with Crippen LogP contribution in [0.5, 0.6) is 0 Å². The molecule has 0 aliphatic rings. The third-order valence-electron chi connectivity index (χ3n) is 2.45. The molecule has 116 valence electrons. The van der Waals surface area contributed by atoms with E-state index >= 15 is 0 Å². The van der Waals surface area contributed by atoms with Crippen molar-refractivity contribution in [3.05, 3.63) is 11.9 Å². The highest BCUT2D eigenvalue weighted by Crippen LogP contribution is 2.15. The maximum Gasteiger partial charge on any atom is 0.204 e. The summed E-state index contributed by atoms with van der Waals surface area (Å²) < 4.78 is 17.8. The van der Waals surface area contributed by atoms with Crippen LogP contribution in [-0.4, -0.2) is 52.1 Å². The van der Waals surface area contributed by atoms with E-state index in [0.717, 1.165) is 0 Å². The van der Waals surface area contributed by atoms with E-state index < -0.39 is 12.4 Å². The topological polar surface area (TPSA) is 78.6 Å². The molecule has 1 N–H and O–H groups in total. The smallest absolute Gasteiger partial charge is 0.204 e. The van der Waals surface area contributed by atoms with Crippen LogP contribution < -0.4 is 0 Å². The number of aliphatic hydroxyl groups excluding tert-OH is 1. The summed E-state index contributed by atoms with van der Waals surface area (Å²) in [4.78, 5) is 0. The van der Waals surface area contributed by atoms with Crippen molar-refractivity contribution in [1.82, 2.24) is 15.0 Å². The molecule has 0 aliphatic carbocycles. The first-order chi connectivity index (χ1) is 9.56. The van der Waals surface area contributed by atoms with Gasteiger partial charge in [-0.25, -0.2) is 4.68 Å². The Bertz CT molecular complexity index is 364. The summed E-state index contributed by atoms with van der Waals surface area (Å²) in [6.45, 7) is 9.29. The molecular formula is C13H25N3O4. The molecule has 0 spiro atoms. The number of ether oxygens (including phenoxy) is 3. The maximum atomic E-state index is 9.83. The molecule has 0 aromatic carbocycles. The van der Waals surface area contributed by atoms with Gasteiger partial charge in [0, 0.05) is 13.2 Å². The fourth-order valence-electron chi connectivity index (χ4n) is 1.60. The number of hydrogen-bond donors (Lipinski definition) is 1. The molecule has 0 saturated carbocycles. The molecule has 1 heterocycles. The van der Waals surface area contributed by atoms with Crippen molar-refractivity contribution in [2.75, 3.05) is 19.8 Å². The Morgan fingerprint density at radius 2 is 1.85 bits per heavy atom. The molecule has 1 unspecified atom stereocenters. The van der Waals surface area contributed by atoms with Crippen LogP contribution in [0.15, 0.2) is 6.20 Å². The molecule has 0 amide bonds. The van der Waals surface area contributed by atoms with Gasteiger partial charge in [0.2, 0.25) is 6.29 Å². The van der Waals surface area contributed by atoms with Gasteiger partial charge < -0.3 is 19.3 Å². The van der Waals surface area contributed by atoms with Gasteiger partial charge in [0.15, 0.2) is 0 Å². The minimum Gasteiger partial charge on any atom is -0.389 e. The van der Waals surface area contributed by atoms with Gasteiger partial charge in [0.05, 0.1) is 31.6 Å². The monoisotopic (exact) mass is 287 g/mol. The quantitative estimate of drug-likeness (QED) is 0.650. The van der Waals surface area contributed by atoms with Gasteiger partial charge in [0.1, 0.15) is 5.69 Å². The number of rotatable bonds is 10. The molecule has 0 radical (unpaired) electrons. The predicted octanol–water partition coefficient (Wildman–Crippen LogP) is 1.14. The van der Waals surface area contributed by atoms with Crippen molar-refractivity contribution in [3.8, 4) is 0 Å². The third kappa shape index (κ3) is 5.96. The summed E-state index contributed by atoms with van der Waals surface area (Å²) in [5, 5.41) is 17.8. The van der Waals surface area contributed by atoms with E-state index in [0.29, 0.717) is 25.5 Å². The highest BCUT2D eigenvalue weighted by atomic mass is 16.7. The maximum absolute atomic E-state index is 9.83. The van der Waals surface area contributed by atoms with Gasteiger partial charge in [0.25, 0.3) is 0 Å². The molecular weight excluding hydrogens is 262 g/mol. The SMILES string of the molecule is CCOC(OCC)c1cn(CC(O)COC(C)C)nn1. The van der Waals surface area contributed by atoms with Crippen molar-refractivity contribution in [2.24, 2.45) is 0 Å². The van der Waals surface area contributed by atoms with Gasteiger partial charge >= 0.3 is 0 Å². The first kappa shape index (κ1) is 17.0. The summed E-state index contributed by atoms with van der Waals surface area (Å²) in [6, 6.07) is 0. The van der Waals surface area contributed by atoms with E-state index in [1.54, 1.807) is 10.9 Å². The van der Waals surface area contributed by atoms with E-state index in [-0.39, 0.29) is 12.7 Å². The van der Waals surface area contributed by atoms with Crippen molar-refractivity contribution in [2.45, 2.75) is 52.7 Å². The summed E-state index contributed by atoms with van der Waals surface area (Å²) in [5.41, 5.74) is 0.602. The lowest BCUT2D eigenvalue weighted by Gasteiger charge is -2.14. The standard InChI is InChI=1S/C13H25N3O4/c1-5-18-13(19-6-2)12-8-16(15-14-12)7-11(17)9-20-10(3)4/h8,10-11,13,17H,5-7,9H2,1-4H3. The normalized spacial score (nSPS) is 13.3. The first-order valence-electron chi connectivity index (χ1n) is 6.99. The Balaban J connectivity index is 2.52. The van der Waals surface area contributed by atoms with Crippen LogP contribution in [0.2, 0.25) is 0 Å². The fourth-order valence-corrected chi connectivity index (χ4v) is 1.60. The molecule has 1 atom stereocenters. The van der Waals surface area contributed by atoms with E-state index in [4.69, 9.17) is 14.2 Å². The third-order valence-corrected chi connectivity index (χ3v) is 2.45. The molecule has 0 fully saturated rings. The lowest BCUT2D eigenvalue weighted by Crippen LogP contribution is -2.24. The zero-order chi connectivity index (χ0) is 15.0. The van der Waals surface area contributed by atoms with Crippen LogP contribution in [0, 0.1) is 0 Å². The Hall–Kier alpha value is -1.02. The largest absolute Gasteiger partial charge is 0.389 e. The van der Waals surface area contributed by atoms with Crippen molar-refractivity contribution < 1.29 is 19.3 Å². The Kier molecular flexibility index (Phi) is 7.68. The number of hydrogen-bond acceptors (Lipinski definition) is 6. The summed E-state index contributed by atoms with van der Waals surface area (Å²) in [6.07, 6.45) is 0.679. The summed E-state index contributed by atoms with van der Waals surface area (Å²) in [5.74, 6) is 0. The molecule has 7 heteroatoms. The lowest BCUT2D eigenvalue weighted by atomic mass is 10.3. The second-order valence-electron chi connectivity index (χ2n) is 4.64. The minimum atomic E-state index is -0.621. The second kappa shape index (κ2) is 9.02. The molecule has 7 nitrogen and oxygen atoms in total. The average Bonchev–Trinajstić information content (AvgIpc) is 2.84. The molecule has 0 bridgehead atoms. The van der Waals surface area contributed by atoms with Crippen LogP contribution >= 0.6 is 0 Å². The average molecular weight is 287 g/mol. The molecule has 20 heavy (non-hydrogen) atoms. The number of aromatic nitrogens is 3. The molecule has 0 aliphatic heterocycles. The van der Waals surface area contributed by atoms with Gasteiger partial charge in [-0.15, -0.1) is 5.10 Å². The molecule has 1 aromatic heterocycles. The Morgan fingerprint density at radius 3 is 2.40 bits per heavy atom. The zero-order valence-electron chi connectivity index (χ0n) is 12.7. The van der Waals surface area contributed by atoms with Crippen LogP contribution in [0.3, 0.4) is 0 Å². The highest BCUT2D eigenvalue weighted by Gasteiger charge is 2.16. The minimum absolute atomic E-state index is 0.0937. The predicted molar refractivity (Wildman–Crippen MR) is 73.1 cm³/mol. The second-order valence-corrected chi connectivity index (χ2v) is 4.64. The van der Waals surface area contributed by atoms with Crippen LogP contribution in [-0.2, 0) is 20.8 Å². The highest BCUT2D eigenvalue weighted by molar-refractivity contribution is 4.94. The molecule has 1 aromatic rings. The van der Waals surface area contributed by atoms with Crippen LogP contribution in [0.25, 0.3) is 0 Å². The summed E-state index contributed by atoms with van der Waals surface area (Å²) >= 11 is 0. The molecule has 0 saturated heterocycles. The van der Waals surface area contributed by atoms with Crippen molar-refractivity contribution in [3.63, 3.8) is 0 Å². The van der Waals surface area contributed by atoms with Crippen LogP contribution in [0.4, 0.5) is 0 Å². The number of aliphatic hydroxyl groups is 1. The molecule has 1 rings (SSSR count). The lowest BCUT2D eigenvalue weighted by molar-refractivity contribution is -0.142. The summed E-state index contributed by atoms with van der Waals surface area (Å²) in [7, 11) is 0. The zero-order valence-corrected chi connectivity index (χ0v) is 12.7. The number of nitrogens with zero attached hydrogens (tertiary/aromatic N) is 3. The van der Waals surface area contributed by atoms with Gasteiger partial charge in [-0.3, -0.25) is 0 Å². The van der Waals surface area contributed by atoms with Gasteiger partial charge in [-0.05, 0) is 27.7 Å². The van der Waals surface area contributed by atoms with Crippen molar-refractivity contribution >= 4 is 0 Å². The van der Waals surface area contributed by atoms with E-state index in [2.05, 4.69) is 10.3 Å². The van der Waals surface area contributed by atoms with E-state index in [9.17, 15) is 5.11 Å². The van der Waals surface area contributed by atoms with E-state index in [1.165, 1.54) is 0 Å². The Morgan fingerprint density at radius 1 is 1.20 bits per heavy atom. The Labute approximate surface area is 119 Å². The van der Waals surface area contributed by atoms with E-state index in [1.807, 2.05) is 27.7 Å². The van der Waals surface area contributed by atoms with Crippen molar-refractivity contribution in [1.29, 1.82) is 0 Å². The fraction of sp³-hybridized carbons (Fsp3) is 0.846. The first-order valence-corrected chi connectivity index (χ1v) is 6.99. The van der Waals surface area contributed by atoms with Gasteiger partial charge in [-0.1, -0.05) is 5.21 Å². The van der Waals surface area contributed by atoms with Gasteiger partial charge in [-0.2, -0.15) is 0 Å². The van der Waals surface area contributed by atoms with Crippen LogP contribution in [0.1, 0.15) is 39.7 Å².